The molecule has 1 aliphatic heterocycles. The summed E-state index contributed by atoms with van der Waals surface area (Å²) in [5, 5.41) is 6.96. The van der Waals surface area contributed by atoms with Crippen molar-refractivity contribution in [2.45, 2.75) is 13.3 Å². The zero-order chi connectivity index (χ0) is 18.5. The number of hydrogen-bond acceptors (Lipinski definition) is 4. The minimum Gasteiger partial charge on any atom is -0.360 e. The highest BCUT2D eigenvalue weighted by molar-refractivity contribution is 7.14. The minimum absolute atomic E-state index is 0.747. The lowest BCUT2D eigenvalue weighted by molar-refractivity contribution is 0.373. The summed E-state index contributed by atoms with van der Waals surface area (Å²) in [5.74, 6) is 1.02. The molecule has 3 aromatic rings. The Labute approximate surface area is 164 Å². The zero-order valence-electron chi connectivity index (χ0n) is 15.7. The van der Waals surface area contributed by atoms with Crippen LogP contribution in [0.3, 0.4) is 0 Å². The number of rotatable bonds is 5. The van der Waals surface area contributed by atoms with Crippen molar-refractivity contribution in [3.05, 3.63) is 53.8 Å². The van der Waals surface area contributed by atoms with Gasteiger partial charge in [-0.15, -0.1) is 11.3 Å². The highest BCUT2D eigenvalue weighted by Crippen LogP contribution is 2.22. The number of nitrogens with one attached hydrogen (secondary N) is 1. The normalized spacial score (nSPS) is 15.5. The van der Waals surface area contributed by atoms with Crippen LogP contribution in [-0.4, -0.2) is 59.5 Å². The average Bonchev–Trinajstić information content (AvgIpc) is 3.37. The molecule has 6 nitrogen and oxygen atoms in total. The summed E-state index contributed by atoms with van der Waals surface area (Å²) < 4.78 is 2.06. The van der Waals surface area contributed by atoms with Crippen molar-refractivity contribution in [3.8, 4) is 0 Å². The molecule has 0 aromatic carbocycles. The number of guanidine groups is 1. The van der Waals surface area contributed by atoms with Gasteiger partial charge < -0.3 is 19.5 Å². The second kappa shape index (κ2) is 8.43. The Morgan fingerprint density at radius 3 is 2.81 bits per heavy atom. The number of aliphatic imine (C=N–C) groups is 1. The number of piperazine rings is 1. The first-order valence-corrected chi connectivity index (χ1v) is 10.5. The predicted octanol–water partition coefficient (Wildman–Crippen LogP) is 2.73. The lowest BCUT2D eigenvalue weighted by atomic mass is 10.3. The number of nitrogens with zero attached hydrogens (tertiary/aromatic N) is 5. The zero-order valence-corrected chi connectivity index (χ0v) is 16.5. The largest absolute Gasteiger partial charge is 0.360 e. The summed E-state index contributed by atoms with van der Waals surface area (Å²) in [7, 11) is 0. The van der Waals surface area contributed by atoms with Crippen molar-refractivity contribution in [1.29, 1.82) is 0 Å². The van der Waals surface area contributed by atoms with Gasteiger partial charge in [-0.05, 0) is 36.6 Å². The molecule has 27 heavy (non-hydrogen) atoms. The molecule has 0 bridgehead atoms. The highest BCUT2D eigenvalue weighted by atomic mass is 32.1. The maximum Gasteiger partial charge on any atom is 0.194 e. The maximum absolute atomic E-state index is 4.86. The van der Waals surface area contributed by atoms with Gasteiger partial charge in [0.15, 0.2) is 5.96 Å². The van der Waals surface area contributed by atoms with Gasteiger partial charge >= 0.3 is 0 Å². The van der Waals surface area contributed by atoms with Crippen molar-refractivity contribution in [2.75, 3.05) is 44.2 Å². The average molecular weight is 383 g/mol. The van der Waals surface area contributed by atoms with E-state index < -0.39 is 0 Å². The second-order valence-electron chi connectivity index (χ2n) is 6.61. The van der Waals surface area contributed by atoms with E-state index in [2.05, 4.69) is 55.1 Å². The van der Waals surface area contributed by atoms with Gasteiger partial charge in [0, 0.05) is 58.1 Å². The number of thiophene rings is 1. The van der Waals surface area contributed by atoms with E-state index in [1.54, 1.807) is 0 Å². The summed E-state index contributed by atoms with van der Waals surface area (Å²) in [6, 6.07) is 10.4. The molecule has 7 heteroatoms. The molecule has 1 N–H and O–H groups in total. The quantitative estimate of drug-likeness (QED) is 0.545. The van der Waals surface area contributed by atoms with Crippen LogP contribution in [0.15, 0.2) is 53.1 Å². The Balaban J connectivity index is 1.35. The molecule has 1 fully saturated rings. The summed E-state index contributed by atoms with van der Waals surface area (Å²) >= 11 is 1.82. The number of aromatic nitrogens is 2. The molecule has 0 unspecified atom stereocenters. The van der Waals surface area contributed by atoms with Crippen LogP contribution in [0.1, 0.15) is 12.6 Å². The number of imidazole rings is 1. The van der Waals surface area contributed by atoms with Gasteiger partial charge in [-0.25, -0.2) is 4.98 Å². The van der Waals surface area contributed by atoms with Crippen LogP contribution >= 0.6 is 11.3 Å². The molecule has 1 saturated heterocycles. The molecule has 0 saturated carbocycles. The van der Waals surface area contributed by atoms with Gasteiger partial charge in [-0.2, -0.15) is 0 Å². The number of pyridine rings is 1. The highest BCUT2D eigenvalue weighted by Gasteiger charge is 2.20. The van der Waals surface area contributed by atoms with E-state index in [4.69, 9.17) is 4.99 Å². The summed E-state index contributed by atoms with van der Waals surface area (Å²) in [5.41, 5.74) is 2.08. The van der Waals surface area contributed by atoms with E-state index in [1.807, 2.05) is 35.7 Å². The fourth-order valence-corrected chi connectivity index (χ4v) is 4.18. The fourth-order valence-electron chi connectivity index (χ4n) is 3.40. The molecule has 142 valence electrons. The molecule has 4 rings (SSSR count). The van der Waals surface area contributed by atoms with Crippen LogP contribution in [0.5, 0.6) is 0 Å². The van der Waals surface area contributed by atoms with Gasteiger partial charge in [0.2, 0.25) is 0 Å². The second-order valence-corrected chi connectivity index (χ2v) is 7.54. The Morgan fingerprint density at radius 1 is 1.19 bits per heavy atom. The number of anilines is 1. The monoisotopic (exact) mass is 382 g/mol. The smallest absolute Gasteiger partial charge is 0.194 e. The molecule has 1 aliphatic rings. The van der Waals surface area contributed by atoms with Crippen molar-refractivity contribution in [1.82, 2.24) is 19.6 Å². The lowest BCUT2D eigenvalue weighted by Gasteiger charge is -2.37. The number of fused-ring (bicyclic) bond motifs is 1. The Hall–Kier alpha value is -2.54. The van der Waals surface area contributed by atoms with E-state index in [9.17, 15) is 0 Å². The molecule has 0 amide bonds. The maximum atomic E-state index is 4.86. The Kier molecular flexibility index (Phi) is 5.58. The summed E-state index contributed by atoms with van der Waals surface area (Å²) in [6.07, 6.45) is 4.98. The molecular formula is C20H26N6S. The molecular weight excluding hydrogens is 356 g/mol. The van der Waals surface area contributed by atoms with Crippen LogP contribution in [-0.2, 0) is 6.42 Å². The van der Waals surface area contributed by atoms with E-state index >= 15 is 0 Å². The first-order valence-electron chi connectivity index (χ1n) is 9.58. The molecule has 3 aromatic heterocycles. The van der Waals surface area contributed by atoms with Crippen LogP contribution in [0.25, 0.3) is 5.65 Å². The third-order valence-corrected chi connectivity index (χ3v) is 5.70. The Morgan fingerprint density at radius 2 is 2.07 bits per heavy atom. The van der Waals surface area contributed by atoms with Gasteiger partial charge in [-0.1, -0.05) is 6.07 Å². The van der Waals surface area contributed by atoms with E-state index in [-0.39, 0.29) is 0 Å². The van der Waals surface area contributed by atoms with Crippen LogP contribution in [0, 0.1) is 0 Å². The van der Waals surface area contributed by atoms with Crippen molar-refractivity contribution >= 4 is 27.9 Å². The summed E-state index contributed by atoms with van der Waals surface area (Å²) in [6.45, 7) is 7.83. The van der Waals surface area contributed by atoms with Crippen molar-refractivity contribution in [3.63, 3.8) is 0 Å². The van der Waals surface area contributed by atoms with E-state index in [1.165, 1.54) is 5.00 Å². The lowest BCUT2D eigenvalue weighted by Crippen LogP contribution is -2.52. The molecule has 0 radical (unpaired) electrons. The third-order valence-electron chi connectivity index (χ3n) is 4.78. The molecule has 0 spiro atoms. The topological polar surface area (TPSA) is 48.2 Å². The summed E-state index contributed by atoms with van der Waals surface area (Å²) in [4.78, 5) is 14.3. The first-order chi connectivity index (χ1) is 13.3. The van der Waals surface area contributed by atoms with Crippen LogP contribution in [0.4, 0.5) is 5.00 Å². The predicted molar refractivity (Wildman–Crippen MR) is 113 cm³/mol. The Bertz CT molecular complexity index is 844. The van der Waals surface area contributed by atoms with Crippen LogP contribution < -0.4 is 10.2 Å². The van der Waals surface area contributed by atoms with Crippen LogP contribution in [0.2, 0.25) is 0 Å². The standard InChI is InChI=1S/C20H26N6S/c1-2-21-20(25-13-11-24(12-14-25)19-7-5-15-27-19)22-9-8-17-16-26-10-4-3-6-18(26)23-17/h3-7,10,15-16H,2,8-9,11-14H2,1H3,(H,21,22). The van der Waals surface area contributed by atoms with Gasteiger partial charge in [0.25, 0.3) is 0 Å². The van der Waals surface area contributed by atoms with Gasteiger partial charge in [0.1, 0.15) is 5.65 Å². The molecule has 0 atom stereocenters. The van der Waals surface area contributed by atoms with Gasteiger partial charge in [-0.3, -0.25) is 4.99 Å². The molecule has 0 aliphatic carbocycles. The first kappa shape index (κ1) is 17.9. The van der Waals surface area contributed by atoms with Crippen molar-refractivity contribution in [2.24, 2.45) is 4.99 Å². The van der Waals surface area contributed by atoms with Gasteiger partial charge in [0.05, 0.1) is 10.7 Å². The fraction of sp³-hybridized carbons (Fsp3) is 0.400. The third kappa shape index (κ3) is 4.24. The van der Waals surface area contributed by atoms with Crippen molar-refractivity contribution < 1.29 is 0 Å². The van der Waals surface area contributed by atoms with E-state index in [0.717, 1.165) is 63.0 Å². The number of hydrogen-bond donors (Lipinski definition) is 1. The SMILES string of the molecule is CCNC(=NCCc1cn2ccccc2n1)N1CCN(c2cccs2)CC1. The van der Waals surface area contributed by atoms with E-state index in [0.29, 0.717) is 0 Å². The minimum atomic E-state index is 0.747. The molecule has 4 heterocycles.